The molecule has 0 spiro atoms. The summed E-state index contributed by atoms with van der Waals surface area (Å²) in [6, 6.07) is 0. The number of hydrogen-bond acceptors (Lipinski definition) is 5. The van der Waals surface area contributed by atoms with Crippen molar-refractivity contribution in [2.24, 2.45) is 4.99 Å². The number of hydrogen-bond donors (Lipinski definition) is 2. The van der Waals surface area contributed by atoms with Crippen LogP contribution in [0.15, 0.2) is 15.8 Å². The fourth-order valence-electron chi connectivity index (χ4n) is 1.99. The zero-order valence-corrected chi connectivity index (χ0v) is 15.0. The highest BCUT2D eigenvalue weighted by molar-refractivity contribution is 7.09. The van der Waals surface area contributed by atoms with Gasteiger partial charge in [0, 0.05) is 43.7 Å². The molecule has 0 aromatic carbocycles. The fraction of sp³-hybridized carbons (Fsp3) is 0.533. The predicted molar refractivity (Wildman–Crippen MR) is 95.1 cm³/mol. The van der Waals surface area contributed by atoms with E-state index in [2.05, 4.69) is 43.3 Å². The van der Waals surface area contributed by atoms with Crippen LogP contribution in [0.3, 0.4) is 0 Å². The lowest BCUT2D eigenvalue weighted by molar-refractivity contribution is 0.771. The molecule has 7 heteroatoms. The molecule has 22 heavy (non-hydrogen) atoms. The third kappa shape index (κ3) is 5.38. The summed E-state index contributed by atoms with van der Waals surface area (Å²) in [5.41, 5.74) is 2.29. The van der Waals surface area contributed by atoms with Gasteiger partial charge in [0.2, 0.25) is 0 Å². The van der Waals surface area contributed by atoms with Crippen LogP contribution in [0.25, 0.3) is 0 Å². The minimum Gasteiger partial charge on any atom is -0.356 e. The standard InChI is InChI=1S/C15H23N5S2/c1-4-14-20-13(10-22-14)6-8-18-15(16-3)17-7-5-12-9-21-11(2)19-12/h9-10H,4-8H2,1-3H3,(H2,16,17,18). The van der Waals surface area contributed by atoms with Crippen LogP contribution in [0.5, 0.6) is 0 Å². The Hall–Kier alpha value is -1.47. The molecule has 120 valence electrons. The average molecular weight is 338 g/mol. The minimum absolute atomic E-state index is 0.831. The fourth-order valence-corrected chi connectivity index (χ4v) is 3.41. The number of thiazole rings is 2. The van der Waals surface area contributed by atoms with Crippen LogP contribution >= 0.6 is 22.7 Å². The Morgan fingerprint density at radius 1 is 1.09 bits per heavy atom. The Morgan fingerprint density at radius 2 is 1.73 bits per heavy atom. The van der Waals surface area contributed by atoms with E-state index in [9.17, 15) is 0 Å². The molecular formula is C15H23N5S2. The normalized spacial score (nSPS) is 11.7. The third-order valence-electron chi connectivity index (χ3n) is 3.14. The lowest BCUT2D eigenvalue weighted by Crippen LogP contribution is -2.39. The van der Waals surface area contributed by atoms with Crippen LogP contribution in [0.1, 0.15) is 28.3 Å². The molecule has 5 nitrogen and oxygen atoms in total. The Morgan fingerprint density at radius 3 is 2.23 bits per heavy atom. The van der Waals surface area contributed by atoms with Gasteiger partial charge < -0.3 is 10.6 Å². The molecular weight excluding hydrogens is 314 g/mol. The van der Waals surface area contributed by atoms with Crippen molar-refractivity contribution in [3.63, 3.8) is 0 Å². The maximum absolute atomic E-state index is 4.57. The summed E-state index contributed by atoms with van der Waals surface area (Å²) in [4.78, 5) is 13.3. The Bertz CT molecular complexity index is 603. The van der Waals surface area contributed by atoms with Crippen molar-refractivity contribution in [1.82, 2.24) is 20.6 Å². The van der Waals surface area contributed by atoms with E-state index in [4.69, 9.17) is 0 Å². The van der Waals surface area contributed by atoms with Crippen molar-refractivity contribution in [2.45, 2.75) is 33.1 Å². The van der Waals surface area contributed by atoms with E-state index in [0.29, 0.717) is 0 Å². The summed E-state index contributed by atoms with van der Waals surface area (Å²) < 4.78 is 0. The first-order valence-corrected chi connectivity index (χ1v) is 9.26. The van der Waals surface area contributed by atoms with Gasteiger partial charge in [-0.05, 0) is 13.3 Å². The van der Waals surface area contributed by atoms with E-state index in [-0.39, 0.29) is 0 Å². The topological polar surface area (TPSA) is 62.2 Å². The smallest absolute Gasteiger partial charge is 0.191 e. The molecule has 2 N–H and O–H groups in total. The predicted octanol–water partition coefficient (Wildman–Crippen LogP) is 2.42. The van der Waals surface area contributed by atoms with Crippen molar-refractivity contribution >= 4 is 28.6 Å². The lowest BCUT2D eigenvalue weighted by Gasteiger charge is -2.10. The van der Waals surface area contributed by atoms with Crippen LogP contribution in [0.4, 0.5) is 0 Å². The van der Waals surface area contributed by atoms with Crippen LogP contribution in [0.2, 0.25) is 0 Å². The first-order chi connectivity index (χ1) is 10.7. The van der Waals surface area contributed by atoms with Crippen molar-refractivity contribution < 1.29 is 0 Å². The Kier molecular flexibility index (Phi) is 6.79. The van der Waals surface area contributed by atoms with Gasteiger partial charge in [0.25, 0.3) is 0 Å². The molecule has 0 aliphatic heterocycles. The van der Waals surface area contributed by atoms with Gasteiger partial charge in [0.15, 0.2) is 5.96 Å². The van der Waals surface area contributed by atoms with Crippen LogP contribution in [-0.4, -0.2) is 36.1 Å². The number of rotatable bonds is 7. The van der Waals surface area contributed by atoms with E-state index in [1.54, 1.807) is 29.7 Å². The van der Waals surface area contributed by atoms with E-state index in [1.807, 2.05) is 6.92 Å². The number of aromatic nitrogens is 2. The van der Waals surface area contributed by atoms with E-state index < -0.39 is 0 Å². The molecule has 0 unspecified atom stereocenters. The zero-order chi connectivity index (χ0) is 15.8. The molecule has 0 saturated heterocycles. The second-order valence-electron chi connectivity index (χ2n) is 4.87. The van der Waals surface area contributed by atoms with E-state index in [0.717, 1.165) is 54.7 Å². The molecule has 2 heterocycles. The summed E-state index contributed by atoms with van der Waals surface area (Å²) in [5, 5.41) is 13.2. The van der Waals surface area contributed by atoms with Crippen molar-refractivity contribution in [3.8, 4) is 0 Å². The number of aliphatic imine (C=N–C) groups is 1. The summed E-state index contributed by atoms with van der Waals surface area (Å²) in [6.07, 6.45) is 2.84. The summed E-state index contributed by atoms with van der Waals surface area (Å²) in [6.45, 7) is 5.84. The van der Waals surface area contributed by atoms with Gasteiger partial charge in [-0.25, -0.2) is 9.97 Å². The molecule has 0 fully saturated rings. The first-order valence-electron chi connectivity index (χ1n) is 7.50. The molecule has 2 aromatic heterocycles. The third-order valence-corrected chi connectivity index (χ3v) is 5.00. The molecule has 0 amide bonds. The van der Waals surface area contributed by atoms with Gasteiger partial charge in [-0.1, -0.05) is 6.92 Å². The molecule has 0 saturated carbocycles. The zero-order valence-electron chi connectivity index (χ0n) is 13.3. The molecule has 0 atom stereocenters. The number of nitrogens with zero attached hydrogens (tertiary/aromatic N) is 3. The Labute approximate surface area is 139 Å². The number of aryl methyl sites for hydroxylation is 2. The highest BCUT2D eigenvalue weighted by Gasteiger charge is 2.02. The molecule has 2 rings (SSSR count). The molecule has 0 bridgehead atoms. The average Bonchev–Trinajstić information content (AvgIpc) is 3.14. The minimum atomic E-state index is 0.831. The quantitative estimate of drug-likeness (QED) is 0.602. The first kappa shape index (κ1) is 16.9. The maximum Gasteiger partial charge on any atom is 0.191 e. The van der Waals surface area contributed by atoms with E-state index >= 15 is 0 Å². The van der Waals surface area contributed by atoms with Gasteiger partial charge in [0.1, 0.15) is 0 Å². The van der Waals surface area contributed by atoms with Crippen LogP contribution in [0, 0.1) is 6.92 Å². The van der Waals surface area contributed by atoms with Crippen molar-refractivity contribution in [2.75, 3.05) is 20.1 Å². The highest BCUT2D eigenvalue weighted by atomic mass is 32.1. The van der Waals surface area contributed by atoms with Crippen LogP contribution < -0.4 is 10.6 Å². The molecule has 2 aromatic rings. The Balaban J connectivity index is 1.66. The van der Waals surface area contributed by atoms with Gasteiger partial charge in [-0.3, -0.25) is 4.99 Å². The second kappa shape index (κ2) is 8.85. The number of guanidine groups is 1. The van der Waals surface area contributed by atoms with Gasteiger partial charge in [-0.15, -0.1) is 22.7 Å². The van der Waals surface area contributed by atoms with Gasteiger partial charge >= 0.3 is 0 Å². The van der Waals surface area contributed by atoms with Gasteiger partial charge in [0.05, 0.1) is 21.4 Å². The number of nitrogens with one attached hydrogen (secondary N) is 2. The SMILES string of the molecule is CCc1nc(CCNC(=NC)NCCc2csc(C)n2)cs1. The highest BCUT2D eigenvalue weighted by Crippen LogP contribution is 2.10. The lowest BCUT2D eigenvalue weighted by atomic mass is 10.3. The monoisotopic (exact) mass is 337 g/mol. The summed E-state index contributed by atoms with van der Waals surface area (Å²) >= 11 is 3.43. The molecule has 0 aliphatic carbocycles. The second-order valence-corrected chi connectivity index (χ2v) is 6.87. The largest absolute Gasteiger partial charge is 0.356 e. The van der Waals surface area contributed by atoms with Crippen molar-refractivity contribution in [3.05, 3.63) is 32.2 Å². The van der Waals surface area contributed by atoms with Gasteiger partial charge in [-0.2, -0.15) is 0 Å². The van der Waals surface area contributed by atoms with E-state index in [1.165, 1.54) is 5.01 Å². The molecule has 0 aliphatic rings. The van der Waals surface area contributed by atoms with Crippen molar-refractivity contribution in [1.29, 1.82) is 0 Å². The maximum atomic E-state index is 4.57. The van der Waals surface area contributed by atoms with Crippen LogP contribution in [-0.2, 0) is 19.3 Å². The summed E-state index contributed by atoms with van der Waals surface area (Å²) in [7, 11) is 1.79. The molecule has 0 radical (unpaired) electrons. The summed E-state index contributed by atoms with van der Waals surface area (Å²) in [5.74, 6) is 0.831.